The maximum absolute atomic E-state index is 5.85. The molecule has 7 heteroatoms. The first-order chi connectivity index (χ1) is 17.6. The number of benzene rings is 2. The van der Waals surface area contributed by atoms with Crippen LogP contribution in [0.15, 0.2) is 48.5 Å². The van der Waals surface area contributed by atoms with Gasteiger partial charge >= 0.3 is 7.69 Å². The van der Waals surface area contributed by atoms with Gasteiger partial charge in [-0.3, -0.25) is 19.6 Å². The van der Waals surface area contributed by atoms with Crippen molar-refractivity contribution in [1.29, 1.82) is 0 Å². The predicted octanol–water partition coefficient (Wildman–Crippen LogP) is 4.51. The highest BCUT2D eigenvalue weighted by Gasteiger charge is 2.26. The first-order valence-electron chi connectivity index (χ1n) is 13.8. The van der Waals surface area contributed by atoms with Gasteiger partial charge in [0.15, 0.2) is 0 Å². The number of hydrogen-bond acceptors (Lipinski definition) is 6. The summed E-state index contributed by atoms with van der Waals surface area (Å²) in [5, 5.41) is 0. The molecule has 0 aromatic heterocycles. The predicted molar refractivity (Wildman–Crippen MR) is 153 cm³/mol. The molecular formula is C30H46BN4O2. The average Bonchev–Trinajstić information content (AvgIpc) is 2.84. The molecular weight excluding hydrogens is 459 g/mol. The summed E-state index contributed by atoms with van der Waals surface area (Å²) in [4.78, 5) is 10.2. The SMILES string of the molecule is CC(C)(C)N1CCN(Cc2cccc(O[B]Oc3cccc(CN4CCN(C(C)(C)C)CC4)c3)c2)CC1. The van der Waals surface area contributed by atoms with Crippen LogP contribution in [0, 0.1) is 0 Å². The highest BCUT2D eigenvalue weighted by Crippen LogP contribution is 2.21. The van der Waals surface area contributed by atoms with Crippen LogP contribution in [0.3, 0.4) is 0 Å². The van der Waals surface area contributed by atoms with Crippen molar-refractivity contribution in [3.8, 4) is 11.5 Å². The zero-order valence-electron chi connectivity index (χ0n) is 23.9. The van der Waals surface area contributed by atoms with Crippen molar-refractivity contribution >= 4 is 7.69 Å². The molecule has 2 aromatic rings. The minimum absolute atomic E-state index is 0.247. The van der Waals surface area contributed by atoms with Crippen LogP contribution >= 0.6 is 0 Å². The fourth-order valence-corrected chi connectivity index (χ4v) is 5.24. The summed E-state index contributed by atoms with van der Waals surface area (Å²) >= 11 is 0. The lowest BCUT2D eigenvalue weighted by Crippen LogP contribution is -2.53. The molecule has 2 aromatic carbocycles. The van der Waals surface area contributed by atoms with Crippen LogP contribution in [0.5, 0.6) is 11.5 Å². The Morgan fingerprint density at radius 3 is 1.32 bits per heavy atom. The van der Waals surface area contributed by atoms with Crippen molar-refractivity contribution < 1.29 is 9.31 Å². The van der Waals surface area contributed by atoms with Crippen LogP contribution in [0.2, 0.25) is 0 Å². The zero-order valence-corrected chi connectivity index (χ0v) is 23.9. The molecule has 0 N–H and O–H groups in total. The quantitative estimate of drug-likeness (QED) is 0.491. The van der Waals surface area contributed by atoms with E-state index in [2.05, 4.69) is 97.5 Å². The van der Waals surface area contributed by atoms with E-state index in [1.54, 1.807) is 0 Å². The van der Waals surface area contributed by atoms with Crippen molar-refractivity contribution in [2.45, 2.75) is 65.7 Å². The van der Waals surface area contributed by atoms with E-state index in [0.717, 1.165) is 76.9 Å². The minimum atomic E-state index is 0.247. The van der Waals surface area contributed by atoms with Gasteiger partial charge in [-0.1, -0.05) is 24.3 Å². The number of hydrogen-bond donors (Lipinski definition) is 0. The third-order valence-corrected chi connectivity index (χ3v) is 7.62. The Morgan fingerprint density at radius 2 is 0.973 bits per heavy atom. The Bertz CT molecular complexity index is 908. The van der Waals surface area contributed by atoms with E-state index in [4.69, 9.17) is 9.31 Å². The molecule has 0 unspecified atom stereocenters. The number of rotatable bonds is 8. The van der Waals surface area contributed by atoms with Crippen LogP contribution in [-0.4, -0.2) is 90.7 Å². The molecule has 0 saturated carbocycles. The Morgan fingerprint density at radius 1 is 0.595 bits per heavy atom. The van der Waals surface area contributed by atoms with Gasteiger partial charge < -0.3 is 9.31 Å². The molecule has 2 aliphatic rings. The van der Waals surface area contributed by atoms with E-state index >= 15 is 0 Å². The van der Waals surface area contributed by atoms with E-state index in [9.17, 15) is 0 Å². The molecule has 201 valence electrons. The fraction of sp³-hybridized carbons (Fsp3) is 0.600. The minimum Gasteiger partial charge on any atom is -0.526 e. The normalized spacial score (nSPS) is 19.1. The van der Waals surface area contributed by atoms with Crippen LogP contribution in [-0.2, 0) is 13.1 Å². The van der Waals surface area contributed by atoms with E-state index in [-0.39, 0.29) is 11.1 Å². The third kappa shape index (κ3) is 8.47. The Hall–Kier alpha value is -2.06. The number of piperazine rings is 2. The first kappa shape index (κ1) is 28.0. The van der Waals surface area contributed by atoms with Gasteiger partial charge in [0.1, 0.15) is 11.5 Å². The lowest BCUT2D eigenvalue weighted by atomic mass is 10.0. The Balaban J connectivity index is 1.21. The van der Waals surface area contributed by atoms with Gasteiger partial charge in [-0.2, -0.15) is 0 Å². The molecule has 2 heterocycles. The van der Waals surface area contributed by atoms with Crippen molar-refractivity contribution in [1.82, 2.24) is 19.6 Å². The number of nitrogens with zero attached hydrogens (tertiary/aromatic N) is 4. The van der Waals surface area contributed by atoms with Gasteiger partial charge in [-0.05, 0) is 76.9 Å². The second-order valence-corrected chi connectivity index (χ2v) is 12.5. The highest BCUT2D eigenvalue weighted by molar-refractivity contribution is 6.20. The standard InChI is InChI=1S/C30H46BN4O2/c1-29(2,3)34-17-13-32(14-18-34)23-25-9-7-11-27(21-25)36-31-37-28-12-8-10-26(22-28)24-33-15-19-35(20-16-33)30(4,5)6/h7-12,21-22H,13-20,23-24H2,1-6H3. The van der Waals surface area contributed by atoms with Crippen molar-refractivity contribution in [2.24, 2.45) is 0 Å². The highest BCUT2D eigenvalue weighted by atomic mass is 16.6. The van der Waals surface area contributed by atoms with E-state index in [0.29, 0.717) is 0 Å². The fourth-order valence-electron chi connectivity index (χ4n) is 5.24. The van der Waals surface area contributed by atoms with Gasteiger partial charge in [-0.25, -0.2) is 0 Å². The van der Waals surface area contributed by atoms with Gasteiger partial charge in [0, 0.05) is 76.5 Å². The average molecular weight is 506 g/mol. The summed E-state index contributed by atoms with van der Waals surface area (Å²) in [6.45, 7) is 24.6. The molecule has 0 amide bonds. The Labute approximate surface area is 225 Å². The maximum Gasteiger partial charge on any atom is 0.658 e. The second-order valence-electron chi connectivity index (χ2n) is 12.5. The van der Waals surface area contributed by atoms with Crippen molar-refractivity contribution in [3.63, 3.8) is 0 Å². The molecule has 2 saturated heterocycles. The Kier molecular flexibility index (Phi) is 9.22. The monoisotopic (exact) mass is 505 g/mol. The smallest absolute Gasteiger partial charge is 0.526 e. The lowest BCUT2D eigenvalue weighted by molar-refractivity contribution is 0.0590. The van der Waals surface area contributed by atoms with Gasteiger partial charge in [0.25, 0.3) is 0 Å². The summed E-state index contributed by atoms with van der Waals surface area (Å²) in [5.74, 6) is 1.61. The first-order valence-corrected chi connectivity index (χ1v) is 13.8. The summed E-state index contributed by atoms with van der Waals surface area (Å²) in [7, 11) is 1.45. The molecule has 6 nitrogen and oxygen atoms in total. The molecule has 1 radical (unpaired) electrons. The summed E-state index contributed by atoms with van der Waals surface area (Å²) in [5.41, 5.74) is 3.03. The summed E-state index contributed by atoms with van der Waals surface area (Å²) < 4.78 is 11.7. The second kappa shape index (κ2) is 12.2. The molecule has 0 atom stereocenters. The van der Waals surface area contributed by atoms with Gasteiger partial charge in [0.2, 0.25) is 0 Å². The summed E-state index contributed by atoms with van der Waals surface area (Å²) in [6.07, 6.45) is 0. The van der Waals surface area contributed by atoms with Crippen LogP contribution in [0.25, 0.3) is 0 Å². The lowest BCUT2D eigenvalue weighted by Gasteiger charge is -2.42. The van der Waals surface area contributed by atoms with Crippen molar-refractivity contribution in [3.05, 3.63) is 59.7 Å². The molecule has 4 rings (SSSR count). The third-order valence-electron chi connectivity index (χ3n) is 7.62. The van der Waals surface area contributed by atoms with Gasteiger partial charge in [-0.15, -0.1) is 0 Å². The molecule has 2 fully saturated rings. The van der Waals surface area contributed by atoms with E-state index < -0.39 is 0 Å². The van der Waals surface area contributed by atoms with E-state index in [1.165, 1.54) is 18.8 Å². The van der Waals surface area contributed by atoms with Crippen molar-refractivity contribution in [2.75, 3.05) is 52.4 Å². The summed E-state index contributed by atoms with van der Waals surface area (Å²) in [6, 6.07) is 16.7. The largest absolute Gasteiger partial charge is 0.658 e. The molecule has 0 bridgehead atoms. The zero-order chi connectivity index (χ0) is 26.5. The topological polar surface area (TPSA) is 31.4 Å². The van der Waals surface area contributed by atoms with Gasteiger partial charge in [0.05, 0.1) is 0 Å². The molecule has 0 spiro atoms. The van der Waals surface area contributed by atoms with Crippen LogP contribution < -0.4 is 9.31 Å². The maximum atomic E-state index is 5.85. The molecule has 2 aliphatic heterocycles. The van der Waals surface area contributed by atoms with E-state index in [1.807, 2.05) is 12.1 Å². The van der Waals surface area contributed by atoms with Crippen LogP contribution in [0.1, 0.15) is 52.7 Å². The molecule has 0 aliphatic carbocycles. The molecule has 37 heavy (non-hydrogen) atoms. The van der Waals surface area contributed by atoms with Crippen LogP contribution in [0.4, 0.5) is 0 Å².